The number of rotatable bonds is 10. The van der Waals surface area contributed by atoms with Gasteiger partial charge in [-0.15, -0.1) is 0 Å². The van der Waals surface area contributed by atoms with Crippen LogP contribution in [0.25, 0.3) is 0 Å². The molecule has 0 bridgehead atoms. The summed E-state index contributed by atoms with van der Waals surface area (Å²) < 4.78 is 5.80. The van der Waals surface area contributed by atoms with E-state index in [1.54, 1.807) is 0 Å². The second-order valence-corrected chi connectivity index (χ2v) is 7.61. The van der Waals surface area contributed by atoms with Gasteiger partial charge in [-0.25, -0.2) is 0 Å². The second kappa shape index (κ2) is 9.40. The monoisotopic (exact) mass is 294 g/mol. The number of aryl methyl sites for hydroxylation is 1. The van der Waals surface area contributed by atoms with Gasteiger partial charge < -0.3 is 4.74 Å². The number of hydrogen-bond acceptors (Lipinski definition) is 1. The lowest BCUT2D eigenvalue weighted by Gasteiger charge is -2.21. The molecule has 0 heterocycles. The Morgan fingerprint density at radius 2 is 1.45 bits per heavy atom. The first-order chi connectivity index (χ1) is 9.51. The van der Waals surface area contributed by atoms with Crippen LogP contribution in [0.3, 0.4) is 0 Å². The zero-order chi connectivity index (χ0) is 14.8. The Bertz CT molecular complexity index is 351. The minimum absolute atomic E-state index is 0.194. The molecule has 2 heteroatoms. The van der Waals surface area contributed by atoms with Crippen LogP contribution in [0.5, 0.6) is 5.75 Å². The summed E-state index contributed by atoms with van der Waals surface area (Å²) in [4.78, 5) is 0. The predicted molar refractivity (Wildman–Crippen MR) is 92.6 cm³/mol. The minimum Gasteiger partial charge on any atom is -0.484 e. The molecule has 1 unspecified atom stereocenters. The third kappa shape index (κ3) is 8.59. The molecule has 0 aliphatic rings. The van der Waals surface area contributed by atoms with Gasteiger partial charge in [0.15, 0.2) is 0 Å². The topological polar surface area (TPSA) is 9.23 Å². The molecule has 0 aromatic heterocycles. The van der Waals surface area contributed by atoms with Gasteiger partial charge in [0.25, 0.3) is 0 Å². The van der Waals surface area contributed by atoms with Crippen molar-refractivity contribution in [2.24, 2.45) is 0 Å². The number of ether oxygens (including phenoxy) is 1. The van der Waals surface area contributed by atoms with Gasteiger partial charge in [0.05, 0.1) is 0 Å². The Kier molecular flexibility index (Phi) is 8.22. The van der Waals surface area contributed by atoms with Crippen molar-refractivity contribution in [1.29, 1.82) is 0 Å². The first-order valence-electron chi connectivity index (χ1n) is 8.08. The van der Waals surface area contributed by atoms with Crippen molar-refractivity contribution in [3.8, 4) is 5.75 Å². The van der Waals surface area contributed by atoms with Gasteiger partial charge in [0.1, 0.15) is 11.1 Å². The summed E-state index contributed by atoms with van der Waals surface area (Å²) in [6.07, 6.45) is 10.8. The average Bonchev–Trinajstić information content (AvgIpc) is 2.38. The molecule has 0 saturated carbocycles. The highest BCUT2D eigenvalue weighted by Crippen LogP contribution is 2.23. The molecule has 0 aliphatic carbocycles. The summed E-state index contributed by atoms with van der Waals surface area (Å²) >= 11 is 0. The van der Waals surface area contributed by atoms with E-state index < -0.39 is 0 Å². The molecule has 1 nitrogen and oxygen atoms in total. The Morgan fingerprint density at radius 3 is 2.00 bits per heavy atom. The van der Waals surface area contributed by atoms with Gasteiger partial charge in [-0.3, -0.25) is 0 Å². The van der Waals surface area contributed by atoms with Gasteiger partial charge >= 0.3 is 0 Å². The van der Waals surface area contributed by atoms with Crippen molar-refractivity contribution < 1.29 is 4.74 Å². The third-order valence-corrected chi connectivity index (χ3v) is 3.49. The molecule has 1 aromatic rings. The molecule has 0 saturated heterocycles. The van der Waals surface area contributed by atoms with Crippen molar-refractivity contribution in [2.45, 2.75) is 77.5 Å². The van der Waals surface area contributed by atoms with E-state index in [0.29, 0.717) is 0 Å². The SMILES string of the molecule is CCCCCCCCCc1ccc(OC(C)(C)P)cc1. The van der Waals surface area contributed by atoms with Crippen LogP contribution in [0.1, 0.15) is 71.3 Å². The predicted octanol–water partition coefficient (Wildman–Crippen LogP) is 5.97. The van der Waals surface area contributed by atoms with Crippen molar-refractivity contribution in [1.82, 2.24) is 0 Å². The molecule has 0 aliphatic heterocycles. The Hall–Kier alpha value is -0.550. The summed E-state index contributed by atoms with van der Waals surface area (Å²) in [7, 11) is 2.71. The Morgan fingerprint density at radius 1 is 0.900 bits per heavy atom. The highest BCUT2D eigenvalue weighted by atomic mass is 31.0. The largest absolute Gasteiger partial charge is 0.484 e. The van der Waals surface area contributed by atoms with E-state index in [-0.39, 0.29) is 5.34 Å². The lowest BCUT2D eigenvalue weighted by molar-refractivity contribution is 0.206. The normalized spacial score (nSPS) is 11.6. The van der Waals surface area contributed by atoms with Crippen molar-refractivity contribution in [3.05, 3.63) is 29.8 Å². The van der Waals surface area contributed by atoms with E-state index in [4.69, 9.17) is 4.74 Å². The molecule has 1 rings (SSSR count). The van der Waals surface area contributed by atoms with E-state index in [0.717, 1.165) is 5.75 Å². The summed E-state index contributed by atoms with van der Waals surface area (Å²) in [5.74, 6) is 0.952. The highest BCUT2D eigenvalue weighted by Gasteiger charge is 2.11. The van der Waals surface area contributed by atoms with E-state index >= 15 is 0 Å². The van der Waals surface area contributed by atoms with Crippen molar-refractivity contribution in [3.63, 3.8) is 0 Å². The quantitative estimate of drug-likeness (QED) is 0.381. The van der Waals surface area contributed by atoms with Crippen LogP contribution in [0.15, 0.2) is 24.3 Å². The first-order valence-corrected chi connectivity index (χ1v) is 8.66. The molecular formula is C18H31OP. The fraction of sp³-hybridized carbons (Fsp3) is 0.667. The molecule has 0 spiro atoms. The first kappa shape index (κ1) is 17.5. The highest BCUT2D eigenvalue weighted by molar-refractivity contribution is 7.18. The standard InChI is InChI=1S/C18H31OP/c1-4-5-6-7-8-9-10-11-16-12-14-17(15-13-16)19-18(2,3)20/h12-15H,4-11,20H2,1-3H3. The zero-order valence-electron chi connectivity index (χ0n) is 13.5. The third-order valence-electron chi connectivity index (χ3n) is 3.37. The molecule has 0 fully saturated rings. The van der Waals surface area contributed by atoms with E-state index in [9.17, 15) is 0 Å². The number of benzene rings is 1. The van der Waals surface area contributed by atoms with E-state index in [1.165, 1.54) is 56.9 Å². The van der Waals surface area contributed by atoms with Gasteiger partial charge in [-0.05, 0) is 44.4 Å². The van der Waals surface area contributed by atoms with Crippen LogP contribution < -0.4 is 4.74 Å². The summed E-state index contributed by atoms with van der Waals surface area (Å²) in [5.41, 5.74) is 1.42. The van der Waals surface area contributed by atoms with Crippen LogP contribution in [-0.4, -0.2) is 5.34 Å². The van der Waals surface area contributed by atoms with Crippen LogP contribution >= 0.6 is 9.24 Å². The molecule has 20 heavy (non-hydrogen) atoms. The minimum atomic E-state index is -0.194. The van der Waals surface area contributed by atoms with E-state index in [2.05, 4.69) is 40.4 Å². The summed E-state index contributed by atoms with van der Waals surface area (Å²) in [5, 5.41) is -0.194. The molecule has 1 aromatic carbocycles. The second-order valence-electron chi connectivity index (χ2n) is 6.22. The van der Waals surface area contributed by atoms with Gasteiger partial charge in [-0.2, -0.15) is 0 Å². The van der Waals surface area contributed by atoms with E-state index in [1.807, 2.05) is 13.8 Å². The lowest BCUT2D eigenvalue weighted by atomic mass is 10.0. The molecule has 0 radical (unpaired) electrons. The van der Waals surface area contributed by atoms with Gasteiger partial charge in [0, 0.05) is 0 Å². The van der Waals surface area contributed by atoms with Gasteiger partial charge in [0.2, 0.25) is 0 Å². The van der Waals surface area contributed by atoms with Crippen molar-refractivity contribution >= 4 is 9.24 Å². The van der Waals surface area contributed by atoms with Crippen LogP contribution in [-0.2, 0) is 6.42 Å². The molecule has 0 N–H and O–H groups in total. The number of unbranched alkanes of at least 4 members (excludes halogenated alkanes) is 6. The van der Waals surface area contributed by atoms with Crippen LogP contribution in [0, 0.1) is 0 Å². The Labute approximate surface area is 127 Å². The fourth-order valence-corrected chi connectivity index (χ4v) is 2.45. The molecule has 114 valence electrons. The summed E-state index contributed by atoms with van der Waals surface area (Å²) in [6.45, 7) is 6.36. The van der Waals surface area contributed by atoms with Gasteiger partial charge in [-0.1, -0.05) is 66.8 Å². The smallest absolute Gasteiger partial charge is 0.120 e. The average molecular weight is 294 g/mol. The molecule has 1 atom stereocenters. The van der Waals surface area contributed by atoms with Crippen LogP contribution in [0.2, 0.25) is 0 Å². The molecule has 0 amide bonds. The molecular weight excluding hydrogens is 263 g/mol. The summed E-state index contributed by atoms with van der Waals surface area (Å²) in [6, 6.07) is 8.57. The maximum absolute atomic E-state index is 5.80. The lowest BCUT2D eigenvalue weighted by Crippen LogP contribution is -2.18. The maximum Gasteiger partial charge on any atom is 0.120 e. The van der Waals surface area contributed by atoms with Crippen LogP contribution in [0.4, 0.5) is 0 Å². The Balaban J connectivity index is 2.18. The zero-order valence-corrected chi connectivity index (χ0v) is 14.6. The van der Waals surface area contributed by atoms with Crippen molar-refractivity contribution in [2.75, 3.05) is 0 Å². The fourth-order valence-electron chi connectivity index (χ4n) is 2.31. The maximum atomic E-state index is 5.80. The number of hydrogen-bond donors (Lipinski definition) is 0.